The Morgan fingerprint density at radius 2 is 1.85 bits per heavy atom. The summed E-state index contributed by atoms with van der Waals surface area (Å²) in [5.41, 5.74) is 0.608. The second-order valence-electron chi connectivity index (χ2n) is 5.98. The Morgan fingerprint density at radius 1 is 1.25 bits per heavy atom. The van der Waals surface area contributed by atoms with Crippen LogP contribution in [0.4, 0.5) is 0 Å². The third-order valence-electron chi connectivity index (χ3n) is 3.12. The molecule has 0 radical (unpaired) electrons. The second kappa shape index (κ2) is 6.74. The Hall–Kier alpha value is -0.850. The lowest BCUT2D eigenvalue weighted by Gasteiger charge is -2.15. The van der Waals surface area contributed by atoms with Gasteiger partial charge in [-0.15, -0.1) is 0 Å². The number of aliphatic hydroxyl groups is 1. The summed E-state index contributed by atoms with van der Waals surface area (Å²) in [5.74, 6) is 0.431. The first-order valence-corrected chi connectivity index (χ1v) is 8.49. The van der Waals surface area contributed by atoms with Gasteiger partial charge in [0.15, 0.2) is 0 Å². The monoisotopic (exact) mass is 302 g/mol. The molecule has 1 atom stereocenters. The molecule has 116 valence electrons. The number of aliphatic hydroxyl groups excluding tert-OH is 1. The molecule has 0 amide bonds. The van der Waals surface area contributed by atoms with Crippen molar-refractivity contribution in [3.8, 4) is 0 Å². The summed E-state index contributed by atoms with van der Waals surface area (Å²) in [5, 5.41) is 9.31. The molecule has 1 rings (SSSR count). The molecule has 0 aliphatic carbocycles. The van der Waals surface area contributed by atoms with Crippen molar-refractivity contribution in [2.75, 3.05) is 0 Å². The van der Waals surface area contributed by atoms with Gasteiger partial charge in [0.2, 0.25) is 10.0 Å². The summed E-state index contributed by atoms with van der Waals surface area (Å²) in [6, 6.07) is 1.53. The van der Waals surface area contributed by atoms with Crippen molar-refractivity contribution >= 4 is 10.0 Å². The highest BCUT2D eigenvalue weighted by Gasteiger charge is 2.21. The van der Waals surface area contributed by atoms with E-state index in [2.05, 4.69) is 18.6 Å². The van der Waals surface area contributed by atoms with E-state index in [0.29, 0.717) is 11.6 Å². The maximum atomic E-state index is 12.3. The van der Waals surface area contributed by atoms with Crippen molar-refractivity contribution in [2.24, 2.45) is 5.92 Å². The van der Waals surface area contributed by atoms with E-state index in [9.17, 15) is 13.5 Å². The molecule has 1 unspecified atom stereocenters. The van der Waals surface area contributed by atoms with E-state index in [-0.39, 0.29) is 23.6 Å². The minimum Gasteiger partial charge on any atom is -0.390 e. The van der Waals surface area contributed by atoms with Crippen LogP contribution in [0.2, 0.25) is 0 Å². The zero-order chi connectivity index (χ0) is 15.5. The number of nitrogens with one attached hydrogen (secondary N) is 1. The zero-order valence-electron chi connectivity index (χ0n) is 12.9. The fraction of sp³-hybridized carbons (Fsp3) is 0.714. The fourth-order valence-electron chi connectivity index (χ4n) is 2.34. The fourth-order valence-corrected chi connectivity index (χ4v) is 3.64. The summed E-state index contributed by atoms with van der Waals surface area (Å²) >= 11 is 0. The van der Waals surface area contributed by atoms with Gasteiger partial charge in [0, 0.05) is 24.0 Å². The Balaban J connectivity index is 2.98. The molecule has 0 aliphatic heterocycles. The maximum Gasteiger partial charge on any atom is 0.242 e. The molecule has 20 heavy (non-hydrogen) atoms. The number of rotatable bonds is 7. The van der Waals surface area contributed by atoms with E-state index in [0.717, 1.165) is 6.42 Å². The van der Waals surface area contributed by atoms with Crippen LogP contribution >= 0.6 is 0 Å². The number of aromatic nitrogens is 1. The first-order chi connectivity index (χ1) is 9.17. The minimum absolute atomic E-state index is 0.106. The van der Waals surface area contributed by atoms with Gasteiger partial charge in [0.05, 0.1) is 11.5 Å². The summed E-state index contributed by atoms with van der Waals surface area (Å²) in [7, 11) is -3.53. The topological polar surface area (TPSA) is 71.3 Å². The molecule has 0 saturated carbocycles. The molecular formula is C14H26N2O3S. The highest BCUT2D eigenvalue weighted by Crippen LogP contribution is 2.19. The van der Waals surface area contributed by atoms with E-state index in [1.807, 2.05) is 20.8 Å². The lowest BCUT2D eigenvalue weighted by atomic mass is 10.1. The van der Waals surface area contributed by atoms with E-state index in [4.69, 9.17) is 0 Å². The number of nitrogens with zero attached hydrogens (tertiary/aromatic N) is 1. The van der Waals surface area contributed by atoms with Crippen LogP contribution in [-0.4, -0.2) is 24.1 Å². The molecule has 0 bridgehead atoms. The number of sulfonamides is 1. The third-order valence-corrected chi connectivity index (χ3v) is 4.67. The maximum absolute atomic E-state index is 12.3. The van der Waals surface area contributed by atoms with Crippen molar-refractivity contribution in [1.29, 1.82) is 0 Å². The van der Waals surface area contributed by atoms with Gasteiger partial charge in [-0.25, -0.2) is 13.1 Å². The first-order valence-electron chi connectivity index (χ1n) is 7.01. The predicted molar refractivity (Wildman–Crippen MR) is 80.0 cm³/mol. The molecule has 5 nitrogen and oxygen atoms in total. The summed E-state index contributed by atoms with van der Waals surface area (Å²) in [6.07, 6.45) is 2.37. The molecular weight excluding hydrogens is 276 g/mol. The van der Waals surface area contributed by atoms with Gasteiger partial charge in [-0.2, -0.15) is 0 Å². The lowest BCUT2D eigenvalue weighted by Crippen LogP contribution is -2.33. The van der Waals surface area contributed by atoms with Crippen molar-refractivity contribution in [3.63, 3.8) is 0 Å². The summed E-state index contributed by atoms with van der Waals surface area (Å²) < 4.78 is 29.1. The average Bonchev–Trinajstić information content (AvgIpc) is 2.71. The summed E-state index contributed by atoms with van der Waals surface area (Å²) in [6.45, 7) is 9.71. The first kappa shape index (κ1) is 17.2. The van der Waals surface area contributed by atoms with Crippen LogP contribution in [0, 0.1) is 5.92 Å². The highest BCUT2D eigenvalue weighted by molar-refractivity contribution is 7.89. The van der Waals surface area contributed by atoms with Gasteiger partial charge < -0.3 is 9.67 Å². The smallest absolute Gasteiger partial charge is 0.242 e. The quantitative estimate of drug-likeness (QED) is 0.811. The van der Waals surface area contributed by atoms with Crippen LogP contribution in [0.25, 0.3) is 0 Å². The SMILES string of the molecule is CC(C)CC(C)NS(=O)(=O)c1cc(CO)n(C(C)C)c1. The Kier molecular flexibility index (Phi) is 5.79. The molecule has 0 spiro atoms. The lowest BCUT2D eigenvalue weighted by molar-refractivity contribution is 0.268. The normalized spacial score (nSPS) is 14.2. The Morgan fingerprint density at radius 3 is 2.25 bits per heavy atom. The van der Waals surface area contributed by atoms with Gasteiger partial charge in [0.25, 0.3) is 0 Å². The van der Waals surface area contributed by atoms with Crippen molar-refractivity contribution in [2.45, 2.75) is 64.6 Å². The van der Waals surface area contributed by atoms with Crippen LogP contribution in [0.1, 0.15) is 52.8 Å². The van der Waals surface area contributed by atoms with Crippen LogP contribution < -0.4 is 4.72 Å². The largest absolute Gasteiger partial charge is 0.390 e. The molecule has 0 fully saturated rings. The number of hydrogen-bond acceptors (Lipinski definition) is 3. The Labute approximate surface area is 122 Å². The molecule has 0 aliphatic rings. The van der Waals surface area contributed by atoms with E-state index in [1.165, 1.54) is 6.07 Å². The van der Waals surface area contributed by atoms with Gasteiger partial charge >= 0.3 is 0 Å². The van der Waals surface area contributed by atoms with E-state index < -0.39 is 10.0 Å². The van der Waals surface area contributed by atoms with Crippen molar-refractivity contribution in [1.82, 2.24) is 9.29 Å². The second-order valence-corrected chi connectivity index (χ2v) is 7.69. The molecule has 1 heterocycles. The predicted octanol–water partition coefficient (Wildman–Crippen LogP) is 2.27. The van der Waals surface area contributed by atoms with E-state index >= 15 is 0 Å². The molecule has 1 aromatic rings. The molecule has 0 aromatic carbocycles. The molecule has 6 heteroatoms. The standard InChI is InChI=1S/C14H26N2O3S/c1-10(2)6-12(5)15-20(18,19)14-7-13(9-17)16(8-14)11(3)4/h7-8,10-12,15,17H,6,9H2,1-5H3. The minimum atomic E-state index is -3.53. The van der Waals surface area contributed by atoms with Crippen LogP contribution in [0.5, 0.6) is 0 Å². The van der Waals surface area contributed by atoms with Crippen molar-refractivity contribution in [3.05, 3.63) is 18.0 Å². The molecule has 1 aromatic heterocycles. The Bertz CT molecular complexity index is 533. The number of hydrogen-bond donors (Lipinski definition) is 2. The molecule has 0 saturated heterocycles. The van der Waals surface area contributed by atoms with Gasteiger partial charge in [-0.3, -0.25) is 0 Å². The van der Waals surface area contributed by atoms with Crippen molar-refractivity contribution < 1.29 is 13.5 Å². The van der Waals surface area contributed by atoms with Crippen LogP contribution in [0.15, 0.2) is 17.2 Å². The summed E-state index contributed by atoms with van der Waals surface area (Å²) in [4.78, 5) is 0.214. The van der Waals surface area contributed by atoms with Crippen LogP contribution in [-0.2, 0) is 16.6 Å². The highest BCUT2D eigenvalue weighted by atomic mass is 32.2. The van der Waals surface area contributed by atoms with E-state index in [1.54, 1.807) is 10.8 Å². The molecule has 2 N–H and O–H groups in total. The van der Waals surface area contributed by atoms with Gasteiger partial charge in [-0.05, 0) is 39.2 Å². The van der Waals surface area contributed by atoms with Crippen LogP contribution in [0.3, 0.4) is 0 Å². The van der Waals surface area contributed by atoms with Gasteiger partial charge in [-0.1, -0.05) is 13.8 Å². The van der Waals surface area contributed by atoms with Gasteiger partial charge in [0.1, 0.15) is 0 Å². The third kappa shape index (κ3) is 4.33. The zero-order valence-corrected chi connectivity index (χ0v) is 13.7. The average molecular weight is 302 g/mol.